The van der Waals surface area contributed by atoms with Crippen LogP contribution in [0.2, 0.25) is 0 Å². The number of hydrogen-bond donors (Lipinski definition) is 0. The van der Waals surface area contributed by atoms with E-state index in [0.29, 0.717) is 0 Å². The van der Waals surface area contributed by atoms with Gasteiger partial charge in [-0.3, -0.25) is 4.99 Å². The molecule has 1 aliphatic heterocycles. The lowest BCUT2D eigenvalue weighted by atomic mass is 9.87. The summed E-state index contributed by atoms with van der Waals surface area (Å²) in [6, 6.07) is 11.0. The normalized spacial score (nSPS) is 16.0. The maximum absolute atomic E-state index is 4.72. The molecule has 0 saturated carbocycles. The van der Waals surface area contributed by atoms with E-state index in [1.807, 2.05) is 6.21 Å². The molecule has 0 atom stereocenters. The highest BCUT2D eigenvalue weighted by atomic mass is 15.2. The van der Waals surface area contributed by atoms with Gasteiger partial charge in [0.05, 0.1) is 11.2 Å². The fourth-order valence-electron chi connectivity index (χ4n) is 3.91. The summed E-state index contributed by atoms with van der Waals surface area (Å²) in [7, 11) is 0. The molecule has 0 amide bonds. The number of hydrogen-bond acceptors (Lipinski definition) is 2. The molecule has 0 saturated heterocycles. The van der Waals surface area contributed by atoms with E-state index in [4.69, 9.17) is 4.99 Å². The van der Waals surface area contributed by atoms with Crippen LogP contribution in [0.4, 0.5) is 11.4 Å². The van der Waals surface area contributed by atoms with E-state index < -0.39 is 0 Å². The molecule has 0 N–H and O–H groups in total. The standard InChI is InChI=1S/C24H30N2/c1-8-26-23-12-18(4)20(13-22(23)19(5)14-24(26,6)7)15-25-21-10-9-16(2)17(3)11-21/h9-15H,8H2,1-7H3. The van der Waals surface area contributed by atoms with Gasteiger partial charge in [-0.1, -0.05) is 12.1 Å². The van der Waals surface area contributed by atoms with E-state index in [9.17, 15) is 0 Å². The molecular weight excluding hydrogens is 316 g/mol. The zero-order valence-corrected chi connectivity index (χ0v) is 17.1. The summed E-state index contributed by atoms with van der Waals surface area (Å²) in [5.41, 5.74) is 10.1. The van der Waals surface area contributed by atoms with Gasteiger partial charge in [0.25, 0.3) is 0 Å². The van der Waals surface area contributed by atoms with E-state index in [-0.39, 0.29) is 5.54 Å². The average molecular weight is 347 g/mol. The molecule has 0 aliphatic carbocycles. The molecule has 0 radical (unpaired) electrons. The summed E-state index contributed by atoms with van der Waals surface area (Å²) in [5.74, 6) is 0. The third-order valence-corrected chi connectivity index (χ3v) is 5.52. The first-order valence-corrected chi connectivity index (χ1v) is 9.46. The van der Waals surface area contributed by atoms with E-state index in [1.54, 1.807) is 0 Å². The maximum atomic E-state index is 4.72. The Kier molecular flexibility index (Phi) is 4.79. The number of aliphatic imine (C=N–C) groups is 1. The molecule has 26 heavy (non-hydrogen) atoms. The van der Waals surface area contributed by atoms with Crippen LogP contribution in [0.15, 0.2) is 41.4 Å². The number of nitrogens with zero attached hydrogens (tertiary/aromatic N) is 2. The molecule has 0 fully saturated rings. The van der Waals surface area contributed by atoms with Gasteiger partial charge in [-0.25, -0.2) is 0 Å². The molecule has 2 heteroatoms. The molecule has 2 aromatic rings. The van der Waals surface area contributed by atoms with Crippen LogP contribution in [-0.2, 0) is 0 Å². The van der Waals surface area contributed by atoms with Gasteiger partial charge < -0.3 is 4.90 Å². The van der Waals surface area contributed by atoms with Crippen molar-refractivity contribution in [2.24, 2.45) is 4.99 Å². The third kappa shape index (κ3) is 3.33. The van der Waals surface area contributed by atoms with Crippen LogP contribution in [0.1, 0.15) is 55.5 Å². The zero-order chi connectivity index (χ0) is 19.1. The lowest BCUT2D eigenvalue weighted by Gasteiger charge is -2.43. The minimum absolute atomic E-state index is 0.0489. The number of rotatable bonds is 3. The zero-order valence-electron chi connectivity index (χ0n) is 17.1. The van der Waals surface area contributed by atoms with Gasteiger partial charge >= 0.3 is 0 Å². The molecule has 0 unspecified atom stereocenters. The smallest absolute Gasteiger partial charge is 0.0632 e. The molecule has 0 spiro atoms. The van der Waals surface area contributed by atoms with E-state index in [0.717, 1.165) is 12.2 Å². The topological polar surface area (TPSA) is 15.6 Å². The second-order valence-corrected chi connectivity index (χ2v) is 7.98. The summed E-state index contributed by atoms with van der Waals surface area (Å²) < 4.78 is 0. The molecule has 0 bridgehead atoms. The Morgan fingerprint density at radius 3 is 2.35 bits per heavy atom. The summed E-state index contributed by atoms with van der Waals surface area (Å²) in [4.78, 5) is 7.20. The average Bonchev–Trinajstić information content (AvgIpc) is 2.56. The molecule has 1 heterocycles. The maximum Gasteiger partial charge on any atom is 0.0632 e. The summed E-state index contributed by atoms with van der Waals surface area (Å²) in [6.45, 7) is 16.5. The number of likely N-dealkylation sites (N-methyl/N-ethyl adjacent to an activating group) is 1. The van der Waals surface area contributed by atoms with Crippen LogP contribution in [0.25, 0.3) is 5.57 Å². The van der Waals surface area contributed by atoms with Crippen molar-refractivity contribution in [1.82, 2.24) is 0 Å². The highest BCUT2D eigenvalue weighted by Crippen LogP contribution is 2.39. The van der Waals surface area contributed by atoms with Crippen LogP contribution < -0.4 is 4.90 Å². The van der Waals surface area contributed by atoms with Crippen molar-refractivity contribution in [2.75, 3.05) is 11.4 Å². The monoisotopic (exact) mass is 346 g/mol. The molecule has 3 rings (SSSR count). The number of allylic oxidation sites excluding steroid dienone is 1. The van der Waals surface area contributed by atoms with Gasteiger partial charge in [0, 0.05) is 24.0 Å². The second-order valence-electron chi connectivity index (χ2n) is 7.98. The van der Waals surface area contributed by atoms with Gasteiger partial charge in [-0.15, -0.1) is 0 Å². The Morgan fingerprint density at radius 1 is 0.962 bits per heavy atom. The first-order valence-electron chi connectivity index (χ1n) is 9.46. The predicted octanol–water partition coefficient (Wildman–Crippen LogP) is 6.38. The molecule has 1 aliphatic rings. The van der Waals surface area contributed by atoms with Crippen molar-refractivity contribution < 1.29 is 0 Å². The first-order chi connectivity index (χ1) is 12.2. The van der Waals surface area contributed by atoms with E-state index in [2.05, 4.69) is 89.8 Å². The van der Waals surface area contributed by atoms with Crippen molar-refractivity contribution in [3.05, 3.63) is 64.2 Å². The number of fused-ring (bicyclic) bond motifs is 1. The second kappa shape index (κ2) is 6.75. The number of anilines is 1. The highest BCUT2D eigenvalue weighted by Gasteiger charge is 2.30. The van der Waals surface area contributed by atoms with Crippen LogP contribution in [0, 0.1) is 20.8 Å². The van der Waals surface area contributed by atoms with Gasteiger partial charge in [0.15, 0.2) is 0 Å². The van der Waals surface area contributed by atoms with Gasteiger partial charge in [0.1, 0.15) is 0 Å². The van der Waals surface area contributed by atoms with Gasteiger partial charge in [0.2, 0.25) is 0 Å². The van der Waals surface area contributed by atoms with Crippen LogP contribution in [-0.4, -0.2) is 18.3 Å². The lowest BCUT2D eigenvalue weighted by molar-refractivity contribution is 0.566. The summed E-state index contributed by atoms with van der Waals surface area (Å²) in [6.07, 6.45) is 4.38. The van der Waals surface area contributed by atoms with Gasteiger partial charge in [-0.2, -0.15) is 0 Å². The Hall–Kier alpha value is -2.35. The quantitative estimate of drug-likeness (QED) is 0.588. The largest absolute Gasteiger partial charge is 0.363 e. The van der Waals surface area contributed by atoms with E-state index in [1.165, 1.54) is 39.1 Å². The minimum atomic E-state index is 0.0489. The van der Waals surface area contributed by atoms with Crippen LogP contribution >= 0.6 is 0 Å². The molecule has 0 aromatic heterocycles. The number of benzene rings is 2. The SMILES string of the molecule is CCN1c2cc(C)c(C=Nc3ccc(C)c(C)c3)cc2C(C)=CC1(C)C. The molecule has 2 nitrogen and oxygen atoms in total. The van der Waals surface area contributed by atoms with Crippen molar-refractivity contribution in [3.63, 3.8) is 0 Å². The molecule has 2 aromatic carbocycles. The fraction of sp³-hybridized carbons (Fsp3) is 0.375. The van der Waals surface area contributed by atoms with E-state index >= 15 is 0 Å². The van der Waals surface area contributed by atoms with Crippen molar-refractivity contribution >= 4 is 23.2 Å². The van der Waals surface area contributed by atoms with Crippen molar-refractivity contribution in [2.45, 2.75) is 54.0 Å². The Balaban J connectivity index is 2.02. The van der Waals surface area contributed by atoms with Crippen molar-refractivity contribution in [1.29, 1.82) is 0 Å². The number of aryl methyl sites for hydroxylation is 3. The highest BCUT2D eigenvalue weighted by molar-refractivity contribution is 5.90. The Morgan fingerprint density at radius 2 is 1.69 bits per heavy atom. The van der Waals surface area contributed by atoms with Gasteiger partial charge in [-0.05, 0) is 101 Å². The minimum Gasteiger partial charge on any atom is -0.363 e. The molecular formula is C24H30N2. The Labute approximate surface area is 158 Å². The predicted molar refractivity (Wildman–Crippen MR) is 115 cm³/mol. The van der Waals surface area contributed by atoms with Crippen molar-refractivity contribution in [3.8, 4) is 0 Å². The van der Waals surface area contributed by atoms with Crippen LogP contribution in [0.3, 0.4) is 0 Å². The third-order valence-electron chi connectivity index (χ3n) is 5.52. The molecule has 136 valence electrons. The Bertz CT molecular complexity index is 901. The summed E-state index contributed by atoms with van der Waals surface area (Å²) in [5, 5.41) is 0. The fourth-order valence-corrected chi connectivity index (χ4v) is 3.91. The first kappa shape index (κ1) is 18.4. The van der Waals surface area contributed by atoms with Crippen LogP contribution in [0.5, 0.6) is 0 Å². The summed E-state index contributed by atoms with van der Waals surface area (Å²) >= 11 is 0. The lowest BCUT2D eigenvalue weighted by Crippen LogP contribution is -2.45.